The fourth-order valence-corrected chi connectivity index (χ4v) is 1.60. The van der Waals surface area contributed by atoms with Crippen LogP contribution >= 0.6 is 15.9 Å². The molecular formula is C10H14BrN3O4. The third-order valence-corrected chi connectivity index (χ3v) is 2.73. The predicted octanol–water partition coefficient (Wildman–Crippen LogP) is -0.548. The average Bonchev–Trinajstić information content (AvgIpc) is 2.35. The number of H-pyrrole nitrogens is 1. The Labute approximate surface area is 111 Å². The van der Waals surface area contributed by atoms with E-state index in [1.165, 1.54) is 6.20 Å². The minimum absolute atomic E-state index is 0.203. The molecule has 100 valence electrons. The second-order valence-electron chi connectivity index (χ2n) is 3.53. The zero-order valence-corrected chi connectivity index (χ0v) is 11.4. The first-order valence-electron chi connectivity index (χ1n) is 5.30. The fraction of sp³-hybridized carbons (Fsp3) is 0.500. The number of ether oxygens (including phenoxy) is 1. The summed E-state index contributed by atoms with van der Waals surface area (Å²) >= 11 is 2.99. The molecule has 0 fully saturated rings. The lowest BCUT2D eigenvalue weighted by atomic mass is 10.4. The van der Waals surface area contributed by atoms with E-state index in [-0.39, 0.29) is 11.0 Å². The smallest absolute Gasteiger partial charge is 0.328 e. The van der Waals surface area contributed by atoms with Gasteiger partial charge < -0.3 is 15.0 Å². The number of hydrogen-bond donors (Lipinski definition) is 2. The van der Waals surface area contributed by atoms with Gasteiger partial charge in [-0.05, 0) is 22.4 Å². The van der Waals surface area contributed by atoms with Gasteiger partial charge >= 0.3 is 5.69 Å². The molecule has 1 aromatic heterocycles. The maximum absolute atomic E-state index is 11.6. The molecule has 1 rings (SSSR count). The van der Waals surface area contributed by atoms with E-state index in [1.807, 2.05) is 0 Å². The van der Waals surface area contributed by atoms with Crippen molar-refractivity contribution >= 4 is 21.8 Å². The summed E-state index contributed by atoms with van der Waals surface area (Å²) in [5, 5.41) is 2.59. The molecule has 0 aliphatic carbocycles. The van der Waals surface area contributed by atoms with Crippen LogP contribution in [-0.2, 0) is 16.1 Å². The molecule has 18 heavy (non-hydrogen) atoms. The lowest BCUT2D eigenvalue weighted by Crippen LogP contribution is -2.40. The van der Waals surface area contributed by atoms with Gasteiger partial charge in [-0.1, -0.05) is 0 Å². The van der Waals surface area contributed by atoms with E-state index < -0.39 is 17.2 Å². The highest BCUT2D eigenvalue weighted by Crippen LogP contribution is 1.95. The van der Waals surface area contributed by atoms with Gasteiger partial charge in [0.05, 0.1) is 4.47 Å². The van der Waals surface area contributed by atoms with Crippen LogP contribution in [0.4, 0.5) is 0 Å². The van der Waals surface area contributed by atoms with Crippen molar-refractivity contribution < 1.29 is 9.53 Å². The van der Waals surface area contributed by atoms with E-state index in [2.05, 4.69) is 26.2 Å². The highest BCUT2D eigenvalue weighted by atomic mass is 79.9. The van der Waals surface area contributed by atoms with Gasteiger partial charge in [-0.15, -0.1) is 0 Å². The van der Waals surface area contributed by atoms with Gasteiger partial charge in [-0.25, -0.2) is 9.36 Å². The van der Waals surface area contributed by atoms with Gasteiger partial charge in [0, 0.05) is 26.5 Å². The molecule has 0 saturated carbocycles. The molecule has 1 amide bonds. The van der Waals surface area contributed by atoms with Crippen LogP contribution in [0.3, 0.4) is 0 Å². The number of methoxy groups -OCH3 is 1. The van der Waals surface area contributed by atoms with Crippen LogP contribution in [0.5, 0.6) is 0 Å². The molecule has 1 heterocycles. The molecule has 1 aromatic rings. The van der Waals surface area contributed by atoms with Crippen molar-refractivity contribution in [2.24, 2.45) is 0 Å². The highest BCUT2D eigenvalue weighted by Gasteiger charge is 2.09. The molecule has 7 nitrogen and oxygen atoms in total. The average molecular weight is 320 g/mol. The Morgan fingerprint density at radius 3 is 2.94 bits per heavy atom. The first-order valence-corrected chi connectivity index (χ1v) is 6.09. The molecule has 0 atom stereocenters. The van der Waals surface area contributed by atoms with Gasteiger partial charge in [0.15, 0.2) is 0 Å². The second kappa shape index (κ2) is 7.12. The van der Waals surface area contributed by atoms with E-state index >= 15 is 0 Å². The summed E-state index contributed by atoms with van der Waals surface area (Å²) in [6, 6.07) is 0. The molecule has 2 N–H and O–H groups in total. The van der Waals surface area contributed by atoms with Crippen LogP contribution in [0.15, 0.2) is 20.3 Å². The standard InChI is InChI=1S/C10H14BrN3O4/c1-18-4-2-3-12-8(15)6-14-9(16)7(11)5-13-10(14)17/h5H,2-4,6H2,1H3,(H,12,15)(H,13,17). The summed E-state index contributed by atoms with van der Waals surface area (Å²) in [4.78, 5) is 36.9. The third-order valence-electron chi connectivity index (χ3n) is 2.17. The Balaban J connectivity index is 2.63. The number of carbonyl (C=O) groups is 1. The number of aromatic amines is 1. The van der Waals surface area contributed by atoms with Crippen molar-refractivity contribution in [2.75, 3.05) is 20.3 Å². The number of rotatable bonds is 6. The van der Waals surface area contributed by atoms with Crippen molar-refractivity contribution in [3.63, 3.8) is 0 Å². The highest BCUT2D eigenvalue weighted by molar-refractivity contribution is 9.10. The van der Waals surface area contributed by atoms with Crippen molar-refractivity contribution in [1.29, 1.82) is 0 Å². The van der Waals surface area contributed by atoms with Crippen molar-refractivity contribution in [3.05, 3.63) is 31.5 Å². The quantitative estimate of drug-likeness (QED) is 0.688. The number of carbonyl (C=O) groups excluding carboxylic acids is 1. The maximum Gasteiger partial charge on any atom is 0.328 e. The van der Waals surface area contributed by atoms with E-state index in [0.717, 1.165) is 4.57 Å². The summed E-state index contributed by atoms with van der Waals surface area (Å²) < 4.78 is 5.86. The second-order valence-corrected chi connectivity index (χ2v) is 4.38. The van der Waals surface area contributed by atoms with E-state index in [0.29, 0.717) is 19.6 Å². The van der Waals surface area contributed by atoms with E-state index in [1.54, 1.807) is 7.11 Å². The normalized spacial score (nSPS) is 10.3. The zero-order chi connectivity index (χ0) is 13.5. The number of nitrogens with one attached hydrogen (secondary N) is 2. The lowest BCUT2D eigenvalue weighted by molar-refractivity contribution is -0.121. The first kappa shape index (κ1) is 14.7. The van der Waals surface area contributed by atoms with Crippen molar-refractivity contribution in [1.82, 2.24) is 14.9 Å². The molecule has 0 aliphatic rings. The fourth-order valence-electron chi connectivity index (χ4n) is 1.27. The van der Waals surface area contributed by atoms with Gasteiger partial charge in [-0.2, -0.15) is 0 Å². The van der Waals surface area contributed by atoms with Crippen molar-refractivity contribution in [2.45, 2.75) is 13.0 Å². The lowest BCUT2D eigenvalue weighted by Gasteiger charge is -2.06. The first-order chi connectivity index (χ1) is 8.56. The predicted molar refractivity (Wildman–Crippen MR) is 68.5 cm³/mol. The number of halogens is 1. The summed E-state index contributed by atoms with van der Waals surface area (Å²) in [5.74, 6) is -0.392. The maximum atomic E-state index is 11.6. The summed E-state index contributed by atoms with van der Waals surface area (Å²) in [5.41, 5.74) is -1.15. The molecule has 0 radical (unpaired) electrons. The summed E-state index contributed by atoms with van der Waals surface area (Å²) in [7, 11) is 1.57. The van der Waals surface area contributed by atoms with Crippen LogP contribution in [0.2, 0.25) is 0 Å². The van der Waals surface area contributed by atoms with Crippen molar-refractivity contribution in [3.8, 4) is 0 Å². The number of nitrogens with zero attached hydrogens (tertiary/aromatic N) is 1. The Morgan fingerprint density at radius 2 is 2.28 bits per heavy atom. The minimum atomic E-state index is -0.616. The van der Waals surface area contributed by atoms with Crippen LogP contribution < -0.4 is 16.6 Å². The van der Waals surface area contributed by atoms with Gasteiger partial charge in [-0.3, -0.25) is 9.59 Å². The SMILES string of the molecule is COCCCNC(=O)Cn1c(=O)[nH]cc(Br)c1=O. The summed E-state index contributed by atoms with van der Waals surface area (Å²) in [6.07, 6.45) is 1.92. The number of hydrogen-bond acceptors (Lipinski definition) is 4. The monoisotopic (exact) mass is 319 g/mol. The Morgan fingerprint density at radius 1 is 1.56 bits per heavy atom. The van der Waals surface area contributed by atoms with E-state index in [9.17, 15) is 14.4 Å². The Hall–Kier alpha value is -1.41. The molecule has 0 spiro atoms. The van der Waals surface area contributed by atoms with E-state index in [4.69, 9.17) is 4.74 Å². The molecule has 8 heteroatoms. The Bertz CT molecular complexity index is 523. The van der Waals surface area contributed by atoms with Crippen LogP contribution in [0, 0.1) is 0 Å². The molecule has 0 unspecified atom stereocenters. The largest absolute Gasteiger partial charge is 0.385 e. The Kier molecular flexibility index (Phi) is 5.79. The van der Waals surface area contributed by atoms with Gasteiger partial charge in [0.25, 0.3) is 5.56 Å². The molecule has 0 aromatic carbocycles. The molecule has 0 aliphatic heterocycles. The van der Waals surface area contributed by atoms with Crippen LogP contribution in [-0.4, -0.2) is 35.7 Å². The number of aromatic nitrogens is 2. The van der Waals surface area contributed by atoms with Gasteiger partial charge in [0.2, 0.25) is 5.91 Å². The van der Waals surface area contributed by atoms with Gasteiger partial charge in [0.1, 0.15) is 6.54 Å². The zero-order valence-electron chi connectivity index (χ0n) is 9.86. The topological polar surface area (TPSA) is 93.2 Å². The van der Waals surface area contributed by atoms with Crippen LogP contribution in [0.25, 0.3) is 0 Å². The minimum Gasteiger partial charge on any atom is -0.385 e. The third kappa shape index (κ3) is 4.11. The number of amides is 1. The molecule has 0 bridgehead atoms. The summed E-state index contributed by atoms with van der Waals surface area (Å²) in [6.45, 7) is 0.672. The molecular weight excluding hydrogens is 306 g/mol. The molecule has 0 saturated heterocycles. The van der Waals surface area contributed by atoms with Crippen LogP contribution in [0.1, 0.15) is 6.42 Å².